The number of rotatable bonds is 3. The number of aromatic nitrogens is 1. The van der Waals surface area contributed by atoms with Crippen molar-refractivity contribution in [1.82, 2.24) is 4.98 Å². The van der Waals surface area contributed by atoms with Crippen LogP contribution < -0.4 is 5.32 Å². The molecule has 0 unspecified atom stereocenters. The quantitative estimate of drug-likeness (QED) is 0.394. The lowest BCUT2D eigenvalue weighted by Gasteiger charge is -2.09. The molecule has 1 aromatic carbocycles. The minimum atomic E-state index is -1.23. The largest absolute Gasteiger partial charge is 0.455 e. The summed E-state index contributed by atoms with van der Waals surface area (Å²) in [7, 11) is 0. The van der Waals surface area contributed by atoms with Crippen molar-refractivity contribution in [2.75, 3.05) is 5.32 Å². The number of carbonyl (C=O) groups excluding carboxylic acids is 1. The number of benzene rings is 2. The van der Waals surface area contributed by atoms with E-state index in [1.54, 1.807) is 12.1 Å². The molecule has 1 aliphatic rings. The Hall–Kier alpha value is -2.70. The Bertz CT molecular complexity index is 1250. The van der Waals surface area contributed by atoms with Crippen LogP contribution in [0, 0.1) is 11.8 Å². The van der Waals surface area contributed by atoms with Crippen molar-refractivity contribution in [1.29, 1.82) is 0 Å². The molecule has 3 aromatic heterocycles. The van der Waals surface area contributed by atoms with Gasteiger partial charge in [0, 0.05) is 40.6 Å². The zero-order chi connectivity index (χ0) is 18.9. The molecule has 2 bridgehead atoms. The zero-order valence-corrected chi connectivity index (χ0v) is 14.9. The first-order valence-electron chi connectivity index (χ1n) is 7.92. The lowest BCUT2D eigenvalue weighted by molar-refractivity contribution is 0.102. The molecular weight excluding hydrogens is 397 g/mol. The van der Waals surface area contributed by atoms with Crippen molar-refractivity contribution in [3.8, 4) is 11.1 Å². The summed E-state index contributed by atoms with van der Waals surface area (Å²) in [6, 6.07) is 5.96. The fraction of sp³-hybridized carbons (Fsp3) is 0.0526. The summed E-state index contributed by atoms with van der Waals surface area (Å²) in [4.78, 5) is 16.2. The number of furan rings is 2. The van der Waals surface area contributed by atoms with Gasteiger partial charge >= 0.3 is 0 Å². The summed E-state index contributed by atoms with van der Waals surface area (Å²) in [6.07, 6.45) is 1.82. The highest BCUT2D eigenvalue weighted by Gasteiger charge is 2.39. The lowest BCUT2D eigenvalue weighted by Crippen LogP contribution is -2.13. The molecule has 5 rings (SSSR count). The molecule has 1 N–H and O–H groups in total. The molecule has 4 nitrogen and oxygen atoms in total. The van der Waals surface area contributed by atoms with E-state index in [-0.39, 0.29) is 21.7 Å². The van der Waals surface area contributed by atoms with E-state index in [9.17, 15) is 13.6 Å². The van der Waals surface area contributed by atoms with Crippen LogP contribution in [0.1, 0.15) is 21.5 Å². The van der Waals surface area contributed by atoms with Crippen LogP contribution in [0.2, 0.25) is 10.0 Å². The average molecular weight is 405 g/mol. The highest BCUT2D eigenvalue weighted by atomic mass is 35.5. The molecule has 0 atom stereocenters. The van der Waals surface area contributed by atoms with Crippen molar-refractivity contribution < 1.29 is 18.0 Å². The van der Waals surface area contributed by atoms with E-state index in [0.29, 0.717) is 28.3 Å². The van der Waals surface area contributed by atoms with Crippen molar-refractivity contribution in [3.63, 3.8) is 0 Å². The Morgan fingerprint density at radius 1 is 1.11 bits per heavy atom. The second-order valence-electron chi connectivity index (χ2n) is 6.19. The Morgan fingerprint density at radius 2 is 1.89 bits per heavy atom. The fourth-order valence-electron chi connectivity index (χ4n) is 3.28. The van der Waals surface area contributed by atoms with Gasteiger partial charge in [-0.2, -0.15) is 4.39 Å². The number of pyridine rings is 1. The van der Waals surface area contributed by atoms with E-state index in [0.717, 1.165) is 17.3 Å². The van der Waals surface area contributed by atoms with E-state index < -0.39 is 17.7 Å². The van der Waals surface area contributed by atoms with Gasteiger partial charge in [0.15, 0.2) is 5.82 Å². The fourth-order valence-corrected chi connectivity index (χ4v) is 3.57. The first-order valence-corrected chi connectivity index (χ1v) is 8.67. The Labute approximate surface area is 161 Å². The standard InChI is InChI=1S/C19H8Cl2F2N2O2/c20-11-2-1-7(5-12(11)21)25-19(26)14-13(8-3-4-24-18(23)15(8)22)16-9-6-10(9)17(14)27-16/h1-5H,6H2,(H,25,26). The van der Waals surface area contributed by atoms with Gasteiger partial charge in [0.05, 0.1) is 15.6 Å². The Balaban J connectivity index is 1.63. The van der Waals surface area contributed by atoms with E-state index in [1.807, 2.05) is 0 Å². The molecule has 1 aliphatic carbocycles. The lowest BCUT2D eigenvalue weighted by atomic mass is 9.99. The number of nitrogens with one attached hydrogen (secondary N) is 1. The van der Waals surface area contributed by atoms with Crippen LogP contribution in [0.3, 0.4) is 0 Å². The molecule has 8 heteroatoms. The maximum atomic E-state index is 14.4. The van der Waals surface area contributed by atoms with Crippen molar-refractivity contribution in [3.05, 3.63) is 69.0 Å². The maximum Gasteiger partial charge on any atom is 0.260 e. The zero-order valence-electron chi connectivity index (χ0n) is 13.4. The number of halogens is 4. The third kappa shape index (κ3) is 2.40. The number of nitrogens with zero attached hydrogens (tertiary/aromatic N) is 1. The third-order valence-corrected chi connectivity index (χ3v) is 5.31. The van der Waals surface area contributed by atoms with Gasteiger partial charge in [-0.15, -0.1) is 0 Å². The number of carbonyl (C=O) groups is 1. The molecule has 0 aliphatic heterocycles. The molecule has 4 aromatic rings. The Morgan fingerprint density at radius 3 is 2.67 bits per heavy atom. The van der Waals surface area contributed by atoms with Crippen LogP contribution in [0.25, 0.3) is 22.3 Å². The molecule has 1 amide bonds. The molecular formula is C19H8Cl2F2N2O2. The van der Waals surface area contributed by atoms with Crippen molar-refractivity contribution in [2.45, 2.75) is 6.42 Å². The second kappa shape index (κ2) is 5.65. The van der Waals surface area contributed by atoms with Crippen molar-refractivity contribution >= 4 is 46.0 Å². The van der Waals surface area contributed by atoms with Crippen LogP contribution in [-0.2, 0) is 6.42 Å². The maximum absolute atomic E-state index is 14.4. The molecule has 0 saturated carbocycles. The summed E-state index contributed by atoms with van der Waals surface area (Å²) < 4.78 is 33.7. The number of hydrogen-bond acceptors (Lipinski definition) is 3. The average Bonchev–Trinajstić information content (AvgIpc) is 3.25. The minimum absolute atomic E-state index is 0.0646. The first kappa shape index (κ1) is 16.5. The van der Waals surface area contributed by atoms with E-state index >= 15 is 0 Å². The predicted octanol–water partition coefficient (Wildman–Crippen LogP) is 5.67. The van der Waals surface area contributed by atoms with Crippen LogP contribution in [0.4, 0.5) is 14.5 Å². The summed E-state index contributed by atoms with van der Waals surface area (Å²) in [5.41, 5.74) is 3.39. The molecule has 134 valence electrons. The van der Waals surface area contributed by atoms with Crippen LogP contribution in [0.5, 0.6) is 0 Å². The minimum Gasteiger partial charge on any atom is -0.455 e. The Kier molecular flexibility index (Phi) is 3.44. The highest BCUT2D eigenvalue weighted by Crippen LogP contribution is 2.51. The van der Waals surface area contributed by atoms with E-state index in [4.69, 9.17) is 27.6 Å². The summed E-state index contributed by atoms with van der Waals surface area (Å²) in [6.45, 7) is 0. The van der Waals surface area contributed by atoms with Gasteiger partial charge in [-0.25, -0.2) is 9.37 Å². The molecule has 0 fully saturated rings. The topological polar surface area (TPSA) is 55.1 Å². The SMILES string of the molecule is O=C(Nc1ccc(Cl)c(Cl)c1)c1c(-c2ccnc(F)c2F)c2oc1c1c2C1. The molecule has 0 spiro atoms. The molecule has 0 radical (unpaired) electrons. The number of hydrogen-bond donors (Lipinski definition) is 1. The first-order chi connectivity index (χ1) is 13.0. The van der Waals surface area contributed by atoms with E-state index in [2.05, 4.69) is 10.3 Å². The summed E-state index contributed by atoms with van der Waals surface area (Å²) >= 11 is 11.9. The summed E-state index contributed by atoms with van der Waals surface area (Å²) in [5.74, 6) is -2.87. The number of amides is 1. The van der Waals surface area contributed by atoms with Gasteiger partial charge in [-0.05, 0) is 24.3 Å². The van der Waals surface area contributed by atoms with E-state index in [1.165, 1.54) is 12.1 Å². The summed E-state index contributed by atoms with van der Waals surface area (Å²) in [5, 5.41) is 3.33. The monoisotopic (exact) mass is 404 g/mol. The van der Waals surface area contributed by atoms with Gasteiger partial charge in [-0.3, -0.25) is 4.79 Å². The predicted molar refractivity (Wildman–Crippen MR) is 97.8 cm³/mol. The number of fused-ring (bicyclic) bond motifs is 5. The van der Waals surface area contributed by atoms with Gasteiger partial charge in [0.2, 0.25) is 5.95 Å². The van der Waals surface area contributed by atoms with Crippen LogP contribution >= 0.6 is 23.2 Å². The molecule has 27 heavy (non-hydrogen) atoms. The number of anilines is 1. The van der Waals surface area contributed by atoms with Crippen molar-refractivity contribution in [2.24, 2.45) is 0 Å². The second-order valence-corrected chi connectivity index (χ2v) is 7.00. The normalized spacial score (nSPS) is 12.4. The van der Waals surface area contributed by atoms with Crippen LogP contribution in [0.15, 0.2) is 34.9 Å². The molecule has 0 saturated heterocycles. The van der Waals surface area contributed by atoms with Gasteiger partial charge < -0.3 is 9.73 Å². The van der Waals surface area contributed by atoms with Gasteiger partial charge in [-0.1, -0.05) is 23.2 Å². The molecule has 3 heterocycles. The highest BCUT2D eigenvalue weighted by molar-refractivity contribution is 6.42. The third-order valence-electron chi connectivity index (χ3n) is 4.57. The smallest absolute Gasteiger partial charge is 0.260 e. The van der Waals surface area contributed by atoms with Gasteiger partial charge in [0.1, 0.15) is 11.2 Å². The van der Waals surface area contributed by atoms with Gasteiger partial charge in [0.25, 0.3) is 5.91 Å². The van der Waals surface area contributed by atoms with Crippen LogP contribution in [-0.4, -0.2) is 10.9 Å².